The molecule has 1 N–H and O–H groups in total. The van der Waals surface area contributed by atoms with Crippen molar-refractivity contribution in [2.45, 2.75) is 47.1 Å². The summed E-state index contributed by atoms with van der Waals surface area (Å²) in [5.41, 5.74) is 1.40. The van der Waals surface area contributed by atoms with E-state index in [4.69, 9.17) is 0 Å². The summed E-state index contributed by atoms with van der Waals surface area (Å²) in [7, 11) is 0. The van der Waals surface area contributed by atoms with Crippen molar-refractivity contribution in [2.75, 3.05) is 6.54 Å². The lowest BCUT2D eigenvalue weighted by molar-refractivity contribution is 0.463. The van der Waals surface area contributed by atoms with Gasteiger partial charge >= 0.3 is 0 Å². The molecule has 1 nitrogen and oxygen atoms in total. The molecule has 0 saturated carbocycles. The maximum absolute atomic E-state index is 3.52. The van der Waals surface area contributed by atoms with Crippen LogP contribution in [-0.4, -0.2) is 12.6 Å². The highest BCUT2D eigenvalue weighted by Gasteiger charge is 2.07. The minimum atomic E-state index is 0.551. The second kappa shape index (κ2) is 6.24. The topological polar surface area (TPSA) is 12.0 Å². The predicted octanol–water partition coefficient (Wildman–Crippen LogP) is 2.98. The summed E-state index contributed by atoms with van der Waals surface area (Å²) in [5, 5.41) is 3.52. The molecule has 0 aromatic rings. The summed E-state index contributed by atoms with van der Waals surface area (Å²) >= 11 is 0. The first-order chi connectivity index (χ1) is 5.57. The Morgan fingerprint density at radius 2 is 1.92 bits per heavy atom. The molecule has 0 aromatic heterocycles. The average Bonchev–Trinajstić information content (AvgIpc) is 1.96. The van der Waals surface area contributed by atoms with E-state index in [-0.39, 0.29) is 0 Å². The van der Waals surface area contributed by atoms with Gasteiger partial charge in [-0.1, -0.05) is 32.4 Å². The Morgan fingerprint density at radius 1 is 1.33 bits per heavy atom. The van der Waals surface area contributed by atoms with Crippen molar-refractivity contribution >= 4 is 0 Å². The van der Waals surface area contributed by atoms with Crippen LogP contribution in [-0.2, 0) is 0 Å². The number of hydrogen-bond acceptors (Lipinski definition) is 1. The van der Waals surface area contributed by atoms with Gasteiger partial charge in [0.15, 0.2) is 0 Å². The monoisotopic (exact) mass is 169 g/mol. The van der Waals surface area contributed by atoms with Crippen molar-refractivity contribution in [3.63, 3.8) is 0 Å². The predicted molar refractivity (Wildman–Crippen MR) is 56.4 cm³/mol. The molecule has 1 heteroatoms. The Hall–Kier alpha value is -0.300. The van der Waals surface area contributed by atoms with E-state index in [0.29, 0.717) is 12.0 Å². The lowest BCUT2D eigenvalue weighted by Gasteiger charge is -2.19. The molecule has 0 saturated heterocycles. The van der Waals surface area contributed by atoms with E-state index >= 15 is 0 Å². The van der Waals surface area contributed by atoms with E-state index in [2.05, 4.69) is 46.0 Å². The molecule has 0 aliphatic rings. The van der Waals surface area contributed by atoms with Crippen LogP contribution in [0, 0.1) is 5.92 Å². The summed E-state index contributed by atoms with van der Waals surface area (Å²) < 4.78 is 0. The van der Waals surface area contributed by atoms with Gasteiger partial charge < -0.3 is 5.32 Å². The molecule has 1 atom stereocenters. The van der Waals surface area contributed by atoms with Gasteiger partial charge in [0.2, 0.25) is 0 Å². The fraction of sp³-hybridized carbons (Fsp3) is 0.818. The standard InChI is InChI=1S/C11H23N/c1-6-7-12-11(10(4)5)8-9(2)3/h8,10-12H,6-7H2,1-5H3. The fourth-order valence-corrected chi connectivity index (χ4v) is 1.16. The number of rotatable bonds is 5. The van der Waals surface area contributed by atoms with Crippen molar-refractivity contribution in [1.29, 1.82) is 0 Å². The molecule has 72 valence electrons. The maximum atomic E-state index is 3.52. The van der Waals surface area contributed by atoms with Gasteiger partial charge in [-0.15, -0.1) is 0 Å². The Bertz CT molecular complexity index is 132. The molecule has 1 unspecified atom stereocenters. The van der Waals surface area contributed by atoms with Crippen LogP contribution in [0.4, 0.5) is 0 Å². The van der Waals surface area contributed by atoms with Gasteiger partial charge in [0, 0.05) is 6.04 Å². The first-order valence-electron chi connectivity index (χ1n) is 4.96. The van der Waals surface area contributed by atoms with Gasteiger partial charge in [0.25, 0.3) is 0 Å². The van der Waals surface area contributed by atoms with Crippen molar-refractivity contribution in [2.24, 2.45) is 5.92 Å². The quantitative estimate of drug-likeness (QED) is 0.624. The zero-order valence-electron chi connectivity index (χ0n) is 9.15. The van der Waals surface area contributed by atoms with E-state index < -0.39 is 0 Å². The molecule has 0 amide bonds. The molecule has 0 radical (unpaired) electrons. The molecule has 0 rings (SSSR count). The number of allylic oxidation sites excluding steroid dienone is 1. The van der Waals surface area contributed by atoms with Crippen LogP contribution in [0.5, 0.6) is 0 Å². The summed E-state index contributed by atoms with van der Waals surface area (Å²) in [6.07, 6.45) is 3.53. The number of hydrogen-bond donors (Lipinski definition) is 1. The van der Waals surface area contributed by atoms with E-state index in [1.54, 1.807) is 0 Å². The van der Waals surface area contributed by atoms with Crippen LogP contribution < -0.4 is 5.32 Å². The van der Waals surface area contributed by atoms with Crippen molar-refractivity contribution in [3.8, 4) is 0 Å². The zero-order valence-corrected chi connectivity index (χ0v) is 9.15. The Kier molecular flexibility index (Phi) is 6.09. The minimum absolute atomic E-state index is 0.551. The molecule has 0 spiro atoms. The molecule has 0 aliphatic carbocycles. The lowest BCUT2D eigenvalue weighted by Crippen LogP contribution is -2.32. The molecule has 0 bridgehead atoms. The highest BCUT2D eigenvalue weighted by molar-refractivity contribution is 5.01. The van der Waals surface area contributed by atoms with Crippen molar-refractivity contribution in [3.05, 3.63) is 11.6 Å². The van der Waals surface area contributed by atoms with Gasteiger partial charge in [0.05, 0.1) is 0 Å². The third-order valence-corrected chi connectivity index (χ3v) is 1.86. The summed E-state index contributed by atoms with van der Waals surface area (Å²) in [6.45, 7) is 12.1. The van der Waals surface area contributed by atoms with Gasteiger partial charge in [0.1, 0.15) is 0 Å². The third kappa shape index (κ3) is 5.36. The van der Waals surface area contributed by atoms with Crippen LogP contribution >= 0.6 is 0 Å². The third-order valence-electron chi connectivity index (χ3n) is 1.86. The van der Waals surface area contributed by atoms with E-state index in [1.807, 2.05) is 0 Å². The molecule has 0 aliphatic heterocycles. The molecule has 0 heterocycles. The highest BCUT2D eigenvalue weighted by Crippen LogP contribution is 2.05. The second-order valence-corrected chi connectivity index (χ2v) is 3.97. The van der Waals surface area contributed by atoms with Crippen LogP contribution in [0.3, 0.4) is 0 Å². The molecular formula is C11H23N. The normalized spacial score (nSPS) is 13.2. The first kappa shape index (κ1) is 11.7. The number of nitrogens with one attached hydrogen (secondary N) is 1. The summed E-state index contributed by atoms with van der Waals surface area (Å²) in [6, 6.07) is 0.551. The molecule has 12 heavy (non-hydrogen) atoms. The SMILES string of the molecule is CCCNC(C=C(C)C)C(C)C. The van der Waals surface area contributed by atoms with Crippen LogP contribution in [0.2, 0.25) is 0 Å². The van der Waals surface area contributed by atoms with Gasteiger partial charge in [-0.05, 0) is 32.7 Å². The van der Waals surface area contributed by atoms with Crippen LogP contribution in [0.25, 0.3) is 0 Å². The van der Waals surface area contributed by atoms with Crippen molar-refractivity contribution < 1.29 is 0 Å². The fourth-order valence-electron chi connectivity index (χ4n) is 1.16. The smallest absolute Gasteiger partial charge is 0.0275 e. The second-order valence-electron chi connectivity index (χ2n) is 3.97. The Morgan fingerprint density at radius 3 is 2.25 bits per heavy atom. The van der Waals surface area contributed by atoms with E-state index in [0.717, 1.165) is 6.54 Å². The molecule has 0 aromatic carbocycles. The minimum Gasteiger partial charge on any atom is -0.310 e. The van der Waals surface area contributed by atoms with E-state index in [9.17, 15) is 0 Å². The summed E-state index contributed by atoms with van der Waals surface area (Å²) in [4.78, 5) is 0. The Labute approximate surface area is 77.2 Å². The molecular weight excluding hydrogens is 146 g/mol. The van der Waals surface area contributed by atoms with Gasteiger partial charge in [-0.3, -0.25) is 0 Å². The van der Waals surface area contributed by atoms with Gasteiger partial charge in [-0.2, -0.15) is 0 Å². The first-order valence-corrected chi connectivity index (χ1v) is 4.96. The summed E-state index contributed by atoms with van der Waals surface area (Å²) in [5.74, 6) is 0.687. The lowest BCUT2D eigenvalue weighted by atomic mass is 10.0. The Balaban J connectivity index is 3.96. The van der Waals surface area contributed by atoms with Crippen LogP contribution in [0.15, 0.2) is 11.6 Å². The van der Waals surface area contributed by atoms with Gasteiger partial charge in [-0.25, -0.2) is 0 Å². The highest BCUT2D eigenvalue weighted by atomic mass is 14.9. The zero-order chi connectivity index (χ0) is 9.56. The van der Waals surface area contributed by atoms with E-state index in [1.165, 1.54) is 12.0 Å². The maximum Gasteiger partial charge on any atom is 0.0275 e. The molecule has 0 fully saturated rings. The van der Waals surface area contributed by atoms with Crippen LogP contribution in [0.1, 0.15) is 41.0 Å². The van der Waals surface area contributed by atoms with Crippen molar-refractivity contribution in [1.82, 2.24) is 5.32 Å². The largest absolute Gasteiger partial charge is 0.310 e. The average molecular weight is 169 g/mol.